The molecule has 0 amide bonds. The zero-order valence-electron chi connectivity index (χ0n) is 29.6. The highest BCUT2D eigenvalue weighted by molar-refractivity contribution is 7.86. The van der Waals surface area contributed by atoms with E-state index < -0.39 is 77.5 Å². The summed E-state index contributed by atoms with van der Waals surface area (Å²) in [6.45, 7) is 9.84. The van der Waals surface area contributed by atoms with Crippen molar-refractivity contribution in [2.24, 2.45) is 10.2 Å². The number of rotatable bonds is 16. The average Bonchev–Trinajstić information content (AvgIpc) is 3.04. The first-order chi connectivity index (χ1) is 24.9. The second-order valence-corrected chi connectivity index (χ2v) is 22.9. The van der Waals surface area contributed by atoms with E-state index in [0.29, 0.717) is 12.2 Å². The second kappa shape index (κ2) is 16.3. The number of nitrogens with zero attached hydrogens (tertiary/aromatic N) is 6. The van der Waals surface area contributed by atoms with Gasteiger partial charge in [0.1, 0.15) is 22.0 Å². The van der Waals surface area contributed by atoms with Gasteiger partial charge in [0.25, 0.3) is 35.9 Å². The number of aromatic nitrogens is 4. The van der Waals surface area contributed by atoms with Gasteiger partial charge in [0.05, 0.1) is 4.90 Å². The van der Waals surface area contributed by atoms with Gasteiger partial charge in [-0.1, -0.05) is 25.7 Å². The summed E-state index contributed by atoms with van der Waals surface area (Å²) >= 11 is 0. The molecule has 4 rings (SSSR count). The molecule has 24 heteroatoms. The number of azo groups is 1. The van der Waals surface area contributed by atoms with Gasteiger partial charge in [-0.2, -0.15) is 40.2 Å². The zero-order chi connectivity index (χ0) is 40.2. The van der Waals surface area contributed by atoms with Crippen LogP contribution in [0.15, 0.2) is 67.3 Å². The van der Waals surface area contributed by atoms with Crippen LogP contribution in [0.3, 0.4) is 0 Å². The van der Waals surface area contributed by atoms with Gasteiger partial charge in [-0.15, -0.1) is 10.2 Å². The molecule has 0 saturated heterocycles. The van der Waals surface area contributed by atoms with Crippen molar-refractivity contribution in [3.63, 3.8) is 0 Å². The van der Waals surface area contributed by atoms with Crippen LogP contribution < -0.4 is 21.5 Å². The molecule has 0 saturated carbocycles. The van der Waals surface area contributed by atoms with Crippen molar-refractivity contribution in [3.8, 4) is 5.88 Å². The molecule has 0 unspecified atom stereocenters. The molecule has 0 fully saturated rings. The maximum Gasteiger partial charge on any atom is 0.296 e. The van der Waals surface area contributed by atoms with Gasteiger partial charge in [0.15, 0.2) is 0 Å². The highest BCUT2D eigenvalue weighted by atomic mass is 32.2. The Bertz CT molecular complexity index is 2470. The Morgan fingerprint density at radius 1 is 0.815 bits per heavy atom. The average molecular weight is 826 g/mol. The minimum absolute atomic E-state index is 0.00645. The van der Waals surface area contributed by atoms with Gasteiger partial charge in [-0.05, 0) is 68.3 Å². The third kappa shape index (κ3) is 11.3. The smallest absolute Gasteiger partial charge is 0.296 e. The standard InChI is InChI=1S/C30H39N9O11S3Si/c1-6-39-26(40)22(17-51(42,43)44)18(2)25(27(39)41)38-37-23-16-20(10-13-24(23)53(48,49)50)33-30-35-28(31-14-7-15-54(3,4)5)34-29(36-30)32-19-8-11-21(12-9-19)52(45,46)47/h8-13,16,41H,6-7,14-15,17H2,1-5H3,(H,42,43,44)(H,45,46,47)(H,48,49,50)(H3,31,32,33,34,35,36)/b38-37+. The van der Waals surface area contributed by atoms with E-state index >= 15 is 0 Å². The van der Waals surface area contributed by atoms with Gasteiger partial charge in [-0.3, -0.25) is 23.0 Å². The molecule has 0 radical (unpaired) electrons. The molecule has 0 aliphatic carbocycles. The molecule has 0 atom stereocenters. The van der Waals surface area contributed by atoms with E-state index in [1.807, 2.05) is 0 Å². The summed E-state index contributed by atoms with van der Waals surface area (Å²) in [4.78, 5) is 24.9. The lowest BCUT2D eigenvalue weighted by atomic mass is 10.1. The molecular formula is C30H39N9O11S3Si. The van der Waals surface area contributed by atoms with E-state index in [0.717, 1.165) is 29.2 Å². The summed E-state index contributed by atoms with van der Waals surface area (Å²) in [6, 6.07) is 9.55. The van der Waals surface area contributed by atoms with Crippen molar-refractivity contribution < 1.29 is 44.0 Å². The zero-order valence-corrected chi connectivity index (χ0v) is 33.1. The number of hydrogen-bond donors (Lipinski definition) is 7. The molecule has 0 aliphatic heterocycles. The van der Waals surface area contributed by atoms with Crippen LogP contribution in [0.25, 0.3) is 0 Å². The van der Waals surface area contributed by atoms with Crippen LogP contribution in [-0.2, 0) is 42.7 Å². The molecule has 292 valence electrons. The first-order valence-electron chi connectivity index (χ1n) is 16.0. The van der Waals surface area contributed by atoms with Gasteiger partial charge < -0.3 is 21.1 Å². The number of pyridine rings is 1. The lowest BCUT2D eigenvalue weighted by Gasteiger charge is -2.16. The predicted octanol–water partition coefficient (Wildman–Crippen LogP) is 4.99. The van der Waals surface area contributed by atoms with Crippen LogP contribution in [0.1, 0.15) is 24.5 Å². The van der Waals surface area contributed by atoms with E-state index in [9.17, 15) is 48.8 Å². The molecule has 0 bridgehead atoms. The summed E-state index contributed by atoms with van der Waals surface area (Å²) in [5.74, 6) is -1.72. The summed E-state index contributed by atoms with van der Waals surface area (Å²) in [7, 11) is -15.4. The Kier molecular flexibility index (Phi) is 12.6. The molecular weight excluding hydrogens is 787 g/mol. The van der Waals surface area contributed by atoms with Crippen LogP contribution in [0.2, 0.25) is 25.7 Å². The maximum absolute atomic E-state index is 12.8. The van der Waals surface area contributed by atoms with Crippen molar-refractivity contribution in [3.05, 3.63) is 63.9 Å². The molecule has 2 aromatic carbocycles. The first kappa shape index (κ1) is 41.9. The fraction of sp³-hybridized carbons (Fsp3) is 0.333. The number of anilines is 5. The molecule has 20 nitrogen and oxygen atoms in total. The summed E-state index contributed by atoms with van der Waals surface area (Å²) in [5.41, 5.74) is -1.84. The highest BCUT2D eigenvalue weighted by Gasteiger charge is 2.23. The number of hydrogen-bond acceptors (Lipinski definition) is 16. The summed E-state index contributed by atoms with van der Waals surface area (Å²) < 4.78 is 100. The minimum atomic E-state index is -4.91. The quantitative estimate of drug-likeness (QED) is 0.0339. The van der Waals surface area contributed by atoms with E-state index in [1.54, 1.807) is 0 Å². The van der Waals surface area contributed by atoms with Crippen molar-refractivity contribution >= 4 is 79.0 Å². The van der Waals surface area contributed by atoms with Crippen molar-refractivity contribution in [1.82, 2.24) is 19.5 Å². The molecule has 54 heavy (non-hydrogen) atoms. The molecule has 2 heterocycles. The van der Waals surface area contributed by atoms with Gasteiger partial charge in [0, 0.05) is 38.1 Å². The van der Waals surface area contributed by atoms with Crippen molar-refractivity contribution in [2.75, 3.05) is 22.5 Å². The van der Waals surface area contributed by atoms with E-state index in [2.05, 4.69) is 60.8 Å². The topological polar surface area (TPSA) is 305 Å². The fourth-order valence-electron chi connectivity index (χ4n) is 4.97. The minimum Gasteiger partial charge on any atom is -0.493 e. The fourth-order valence-corrected chi connectivity index (χ4v) is 8.00. The lowest BCUT2D eigenvalue weighted by Crippen LogP contribution is -2.26. The first-order valence-corrected chi connectivity index (χ1v) is 24.2. The Morgan fingerprint density at radius 3 is 1.93 bits per heavy atom. The van der Waals surface area contributed by atoms with E-state index in [4.69, 9.17) is 0 Å². The second-order valence-electron chi connectivity index (χ2n) is 13.1. The SMILES string of the molecule is CCn1c(O)c(/N=N/c2cc(Nc3nc(NCCC[Si](C)(C)C)nc(Nc4ccc(S(=O)(=O)O)cc4)n3)ccc2S(=O)(=O)O)c(C)c(CS(=O)(=O)O)c1=O. The largest absolute Gasteiger partial charge is 0.493 e. The predicted molar refractivity (Wildman–Crippen MR) is 202 cm³/mol. The van der Waals surface area contributed by atoms with Crippen LogP contribution in [0.4, 0.5) is 40.6 Å². The van der Waals surface area contributed by atoms with Gasteiger partial charge in [0.2, 0.25) is 23.7 Å². The normalized spacial score (nSPS) is 12.6. The van der Waals surface area contributed by atoms with Crippen LogP contribution >= 0.6 is 0 Å². The monoisotopic (exact) mass is 825 g/mol. The Morgan fingerprint density at radius 2 is 1.39 bits per heavy atom. The number of nitrogens with one attached hydrogen (secondary N) is 3. The highest BCUT2D eigenvalue weighted by Crippen LogP contribution is 2.35. The Balaban J connectivity index is 1.75. The summed E-state index contributed by atoms with van der Waals surface area (Å²) in [5, 5.41) is 27.6. The van der Waals surface area contributed by atoms with Gasteiger partial charge >= 0.3 is 0 Å². The van der Waals surface area contributed by atoms with Crippen molar-refractivity contribution in [1.29, 1.82) is 0 Å². The molecule has 7 N–H and O–H groups in total. The maximum atomic E-state index is 12.8. The van der Waals surface area contributed by atoms with Crippen LogP contribution in [-0.4, -0.2) is 78.2 Å². The van der Waals surface area contributed by atoms with Crippen LogP contribution in [0.5, 0.6) is 5.88 Å². The lowest BCUT2D eigenvalue weighted by molar-refractivity contribution is 0.411. The number of aromatic hydroxyl groups is 1. The number of benzene rings is 2. The van der Waals surface area contributed by atoms with E-state index in [-0.39, 0.29) is 40.5 Å². The molecule has 0 aliphatic rings. The van der Waals surface area contributed by atoms with Gasteiger partial charge in [-0.25, -0.2) is 0 Å². The van der Waals surface area contributed by atoms with Crippen molar-refractivity contribution in [2.45, 2.75) is 68.0 Å². The molecule has 0 spiro atoms. The Hall–Kier alpha value is -4.85. The molecule has 4 aromatic rings. The summed E-state index contributed by atoms with van der Waals surface area (Å²) in [6.07, 6.45) is 0.831. The Labute approximate surface area is 312 Å². The molecule has 2 aromatic heterocycles. The van der Waals surface area contributed by atoms with Crippen LogP contribution in [0, 0.1) is 6.92 Å². The third-order valence-corrected chi connectivity index (χ3v) is 11.9. The third-order valence-electron chi connectivity index (χ3n) is 7.60. The van der Waals surface area contributed by atoms with E-state index in [1.165, 1.54) is 44.2 Å².